The van der Waals surface area contributed by atoms with Crippen molar-refractivity contribution >= 4 is 12.0 Å². The van der Waals surface area contributed by atoms with E-state index in [2.05, 4.69) is 27.4 Å². The average molecular weight is 537 g/mol. The molecule has 1 aliphatic heterocycles. The number of carbonyl (C=O) groups is 2. The number of likely N-dealkylation sites (tertiary alicyclic amines) is 1. The van der Waals surface area contributed by atoms with Crippen LogP contribution < -0.4 is 5.32 Å². The summed E-state index contributed by atoms with van der Waals surface area (Å²) in [6.07, 6.45) is 3.23. The zero-order valence-corrected chi connectivity index (χ0v) is 23.3. The molecule has 206 valence electrons. The molecule has 2 atom stereocenters. The number of benzene rings is 3. The van der Waals surface area contributed by atoms with Gasteiger partial charge in [0.1, 0.15) is 17.5 Å². The Morgan fingerprint density at radius 1 is 0.950 bits per heavy atom. The molecule has 4 aromatic rings. The second kappa shape index (κ2) is 11.8. The molecule has 0 bridgehead atoms. The van der Waals surface area contributed by atoms with Crippen LogP contribution in [0.25, 0.3) is 22.4 Å². The van der Waals surface area contributed by atoms with Crippen molar-refractivity contribution in [2.24, 2.45) is 0 Å². The number of nitrogens with zero attached hydrogens (tertiary/aromatic N) is 2. The van der Waals surface area contributed by atoms with Crippen LogP contribution in [0.15, 0.2) is 91.1 Å². The van der Waals surface area contributed by atoms with E-state index >= 15 is 0 Å². The molecule has 1 saturated heterocycles. The number of aromatic nitrogens is 2. The standard InChI is InChI=1S/C33H36N4O3/c1-33(2,3)40-32(39)36-27(21-23-16-18-25(19-17-23)24-11-6-4-7-12-24)31(38)37-20-10-15-29(37)30-34-22-28(35-30)26-13-8-5-9-14-26/h4-9,11-14,16-19,22,27,29H,10,15,20-21H2,1-3H3,(H,34,35)(H,36,39)/t27-,29-/m0/s1. The molecule has 2 N–H and O–H groups in total. The van der Waals surface area contributed by atoms with E-state index in [1.165, 1.54) is 0 Å². The Labute approximate surface area is 235 Å². The summed E-state index contributed by atoms with van der Waals surface area (Å²) >= 11 is 0. The Morgan fingerprint density at radius 2 is 1.57 bits per heavy atom. The highest BCUT2D eigenvalue weighted by Gasteiger charge is 2.37. The van der Waals surface area contributed by atoms with Crippen LogP contribution in [0.2, 0.25) is 0 Å². The van der Waals surface area contributed by atoms with Gasteiger partial charge in [0.05, 0.1) is 17.9 Å². The molecule has 0 radical (unpaired) electrons. The van der Waals surface area contributed by atoms with Gasteiger partial charge in [-0.2, -0.15) is 0 Å². The number of amides is 2. The van der Waals surface area contributed by atoms with Gasteiger partial charge in [0.25, 0.3) is 0 Å². The molecule has 1 aliphatic rings. The van der Waals surface area contributed by atoms with E-state index in [1.807, 2.05) is 105 Å². The zero-order valence-electron chi connectivity index (χ0n) is 23.3. The first-order valence-electron chi connectivity index (χ1n) is 13.8. The van der Waals surface area contributed by atoms with E-state index in [4.69, 9.17) is 4.74 Å². The summed E-state index contributed by atoms with van der Waals surface area (Å²) in [6, 6.07) is 27.3. The normalized spacial score (nSPS) is 16.0. The first-order chi connectivity index (χ1) is 19.3. The minimum Gasteiger partial charge on any atom is -0.444 e. The molecule has 1 aromatic heterocycles. The van der Waals surface area contributed by atoms with Crippen molar-refractivity contribution in [3.63, 3.8) is 0 Å². The molecule has 7 nitrogen and oxygen atoms in total. The molecule has 0 spiro atoms. The van der Waals surface area contributed by atoms with Crippen molar-refractivity contribution < 1.29 is 14.3 Å². The predicted molar refractivity (Wildman–Crippen MR) is 156 cm³/mol. The summed E-state index contributed by atoms with van der Waals surface area (Å²) in [4.78, 5) is 36.7. The number of carbonyl (C=O) groups excluding carboxylic acids is 2. The van der Waals surface area contributed by atoms with Gasteiger partial charge in [-0.15, -0.1) is 0 Å². The van der Waals surface area contributed by atoms with Gasteiger partial charge in [0, 0.05) is 13.0 Å². The molecule has 7 heteroatoms. The van der Waals surface area contributed by atoms with Gasteiger partial charge in [0.15, 0.2) is 0 Å². The number of aromatic amines is 1. The van der Waals surface area contributed by atoms with E-state index in [1.54, 1.807) is 0 Å². The summed E-state index contributed by atoms with van der Waals surface area (Å²) in [7, 11) is 0. The fourth-order valence-corrected chi connectivity index (χ4v) is 5.13. The second-order valence-electron chi connectivity index (χ2n) is 11.2. The van der Waals surface area contributed by atoms with Gasteiger partial charge < -0.3 is 19.9 Å². The van der Waals surface area contributed by atoms with Crippen molar-refractivity contribution in [2.45, 2.75) is 57.7 Å². The molecule has 2 heterocycles. The van der Waals surface area contributed by atoms with Crippen LogP contribution in [0.5, 0.6) is 0 Å². The molecule has 0 saturated carbocycles. The first kappa shape index (κ1) is 27.2. The average Bonchev–Trinajstić information content (AvgIpc) is 3.63. The van der Waals surface area contributed by atoms with Crippen LogP contribution in [0, 0.1) is 0 Å². The largest absolute Gasteiger partial charge is 0.444 e. The lowest BCUT2D eigenvalue weighted by atomic mass is 10.00. The van der Waals surface area contributed by atoms with Gasteiger partial charge in [-0.25, -0.2) is 9.78 Å². The van der Waals surface area contributed by atoms with Crippen LogP contribution in [-0.2, 0) is 16.0 Å². The monoisotopic (exact) mass is 536 g/mol. The number of ether oxygens (including phenoxy) is 1. The van der Waals surface area contributed by atoms with Crippen molar-refractivity contribution in [1.82, 2.24) is 20.2 Å². The summed E-state index contributed by atoms with van der Waals surface area (Å²) in [5.41, 5.74) is 4.46. The number of imidazole rings is 1. The smallest absolute Gasteiger partial charge is 0.408 e. The Balaban J connectivity index is 1.36. The highest BCUT2D eigenvalue weighted by Crippen LogP contribution is 2.32. The third-order valence-corrected chi connectivity index (χ3v) is 7.02. The maximum absolute atomic E-state index is 14.0. The zero-order chi connectivity index (χ0) is 28.1. The number of hydrogen-bond donors (Lipinski definition) is 2. The van der Waals surface area contributed by atoms with Gasteiger partial charge in [0.2, 0.25) is 5.91 Å². The lowest BCUT2D eigenvalue weighted by Gasteiger charge is -2.29. The summed E-state index contributed by atoms with van der Waals surface area (Å²) in [6.45, 7) is 6.03. The van der Waals surface area contributed by atoms with Gasteiger partial charge in [-0.05, 0) is 55.9 Å². The molecule has 0 unspecified atom stereocenters. The minimum atomic E-state index is -0.776. The van der Waals surface area contributed by atoms with E-state index in [0.29, 0.717) is 13.0 Å². The Bertz CT molecular complexity index is 1430. The van der Waals surface area contributed by atoms with Crippen molar-refractivity contribution in [3.05, 3.63) is 103 Å². The van der Waals surface area contributed by atoms with E-state index < -0.39 is 17.7 Å². The SMILES string of the molecule is CC(C)(C)OC(=O)N[C@@H](Cc1ccc(-c2ccccc2)cc1)C(=O)N1CCC[C@H]1c1ncc(-c2ccccc2)[nH]1. The van der Waals surface area contributed by atoms with Gasteiger partial charge in [-0.3, -0.25) is 4.79 Å². The van der Waals surface area contributed by atoms with Crippen LogP contribution >= 0.6 is 0 Å². The molecular weight excluding hydrogens is 500 g/mol. The number of hydrogen-bond acceptors (Lipinski definition) is 4. The molecule has 5 rings (SSSR count). The topological polar surface area (TPSA) is 87.3 Å². The van der Waals surface area contributed by atoms with Crippen LogP contribution in [0.4, 0.5) is 4.79 Å². The quantitative estimate of drug-likeness (QED) is 0.281. The second-order valence-corrected chi connectivity index (χ2v) is 11.2. The third-order valence-electron chi connectivity index (χ3n) is 7.02. The van der Waals surface area contributed by atoms with Crippen molar-refractivity contribution in [2.75, 3.05) is 6.54 Å². The summed E-state index contributed by atoms with van der Waals surface area (Å²) in [5.74, 6) is 0.617. The van der Waals surface area contributed by atoms with E-state index in [-0.39, 0.29) is 11.9 Å². The lowest BCUT2D eigenvalue weighted by molar-refractivity contribution is -0.134. The van der Waals surface area contributed by atoms with E-state index in [9.17, 15) is 9.59 Å². The van der Waals surface area contributed by atoms with Crippen LogP contribution in [-0.4, -0.2) is 45.1 Å². The van der Waals surface area contributed by atoms with Gasteiger partial charge >= 0.3 is 6.09 Å². The molecule has 3 aromatic carbocycles. The molecule has 1 fully saturated rings. The number of rotatable bonds is 7. The van der Waals surface area contributed by atoms with Crippen molar-refractivity contribution in [1.29, 1.82) is 0 Å². The maximum atomic E-state index is 14.0. The Kier molecular flexibility index (Phi) is 8.01. The molecule has 2 amide bonds. The highest BCUT2D eigenvalue weighted by molar-refractivity contribution is 5.86. The molecule has 40 heavy (non-hydrogen) atoms. The van der Waals surface area contributed by atoms with Crippen LogP contribution in [0.3, 0.4) is 0 Å². The van der Waals surface area contributed by atoms with Crippen molar-refractivity contribution in [3.8, 4) is 22.4 Å². The predicted octanol–water partition coefficient (Wildman–Crippen LogP) is 6.54. The fourth-order valence-electron chi connectivity index (χ4n) is 5.13. The lowest BCUT2D eigenvalue weighted by Crippen LogP contribution is -2.50. The Morgan fingerprint density at radius 3 is 2.23 bits per heavy atom. The number of H-pyrrole nitrogens is 1. The molecular formula is C33H36N4O3. The maximum Gasteiger partial charge on any atom is 0.408 e. The highest BCUT2D eigenvalue weighted by atomic mass is 16.6. The Hall–Kier alpha value is -4.39. The first-order valence-corrected chi connectivity index (χ1v) is 13.8. The number of nitrogens with one attached hydrogen (secondary N) is 2. The van der Waals surface area contributed by atoms with Crippen LogP contribution in [0.1, 0.15) is 51.0 Å². The van der Waals surface area contributed by atoms with E-state index in [0.717, 1.165) is 46.6 Å². The molecule has 0 aliphatic carbocycles. The third kappa shape index (κ3) is 6.60. The number of alkyl carbamates (subject to hydrolysis) is 1. The minimum absolute atomic E-state index is 0.141. The van der Waals surface area contributed by atoms with Gasteiger partial charge in [-0.1, -0.05) is 84.9 Å². The summed E-state index contributed by atoms with van der Waals surface area (Å²) < 4.78 is 5.52. The summed E-state index contributed by atoms with van der Waals surface area (Å²) in [5, 5.41) is 2.87. The fraction of sp³-hybridized carbons (Fsp3) is 0.303.